The van der Waals surface area contributed by atoms with Gasteiger partial charge in [0.2, 0.25) is 0 Å². The molecule has 0 fully saturated rings. The number of carbonyl (C=O) groups excluding carboxylic acids is 5. The smallest absolute Gasteiger partial charge is 0.345 e. The van der Waals surface area contributed by atoms with Crippen LogP contribution in [0.5, 0.6) is 5.75 Å². The van der Waals surface area contributed by atoms with E-state index in [1.165, 1.54) is 35.5 Å². The first kappa shape index (κ1) is 35.2. The van der Waals surface area contributed by atoms with Crippen LogP contribution in [0.2, 0.25) is 0 Å². The van der Waals surface area contributed by atoms with E-state index in [4.69, 9.17) is 23.7 Å². The summed E-state index contributed by atoms with van der Waals surface area (Å²) in [6, 6.07) is 18.3. The number of methoxy groups -OCH3 is 5. The van der Waals surface area contributed by atoms with Crippen LogP contribution in [0.25, 0.3) is 16.3 Å². The van der Waals surface area contributed by atoms with Gasteiger partial charge in [-0.3, -0.25) is 9.69 Å². The maximum Gasteiger partial charge on any atom is 0.345 e. The fraction of sp³-hybridized carbons (Fsp3) is 0.250. The van der Waals surface area contributed by atoms with Crippen molar-refractivity contribution in [3.63, 3.8) is 0 Å². The Morgan fingerprint density at radius 1 is 0.660 bits per heavy atom. The van der Waals surface area contributed by atoms with Gasteiger partial charge in [0.1, 0.15) is 24.5 Å². The van der Waals surface area contributed by atoms with Gasteiger partial charge >= 0.3 is 23.9 Å². The van der Waals surface area contributed by atoms with Gasteiger partial charge in [-0.05, 0) is 55.0 Å². The highest BCUT2D eigenvalue weighted by atomic mass is 32.2. The van der Waals surface area contributed by atoms with Gasteiger partial charge in [-0.2, -0.15) is 0 Å². The molecule has 258 valence electrons. The molecule has 0 saturated heterocycles. The minimum absolute atomic E-state index is 0.133. The second-order valence-corrected chi connectivity index (χ2v) is 15.3. The van der Waals surface area contributed by atoms with Crippen molar-refractivity contribution in [3.05, 3.63) is 97.0 Å². The Labute approximate surface area is 300 Å². The zero-order valence-electron chi connectivity index (χ0n) is 28.0. The Morgan fingerprint density at radius 3 is 1.82 bits per heavy atom. The number of anilines is 1. The molecule has 0 saturated carbocycles. The van der Waals surface area contributed by atoms with Crippen LogP contribution < -0.4 is 9.64 Å². The lowest BCUT2D eigenvalue weighted by Crippen LogP contribution is -2.53. The zero-order valence-corrected chi connectivity index (χ0v) is 30.5. The Bertz CT molecular complexity index is 2090. The minimum Gasteiger partial charge on any atom is -0.497 e. The molecule has 0 unspecified atom stereocenters. The van der Waals surface area contributed by atoms with Crippen molar-refractivity contribution in [1.29, 1.82) is 0 Å². The highest BCUT2D eigenvalue weighted by Gasteiger charge is 2.62. The monoisotopic (exact) mass is 733 g/mol. The van der Waals surface area contributed by atoms with Gasteiger partial charge in [-0.1, -0.05) is 65.6 Å². The van der Waals surface area contributed by atoms with Crippen LogP contribution in [0.1, 0.15) is 29.8 Å². The lowest BCUT2D eigenvalue weighted by molar-refractivity contribution is -0.138. The van der Waals surface area contributed by atoms with E-state index in [2.05, 4.69) is 0 Å². The van der Waals surface area contributed by atoms with Crippen molar-refractivity contribution in [2.75, 3.05) is 40.4 Å². The van der Waals surface area contributed by atoms with E-state index >= 15 is 0 Å². The SMILES string of the molecule is COC(=O)C1=C(C(=O)OC)SC2(S1)C(C(=O)OC)=C(C(=O)OC)SC1=C2c2cc(OC)ccc2N(C(=O)c2ccc3ccccc3c2)C1(C)C. The molecule has 3 aromatic rings. The number of amides is 1. The Hall–Kier alpha value is -4.66. The molecule has 0 radical (unpaired) electrons. The molecule has 0 N–H and O–H groups in total. The van der Waals surface area contributed by atoms with E-state index < -0.39 is 33.5 Å². The molecule has 0 atom stereocenters. The molecule has 11 nitrogen and oxygen atoms in total. The van der Waals surface area contributed by atoms with Crippen LogP contribution in [-0.2, 0) is 38.1 Å². The van der Waals surface area contributed by atoms with E-state index in [1.54, 1.807) is 29.2 Å². The number of hydrogen-bond donors (Lipinski definition) is 0. The topological polar surface area (TPSA) is 135 Å². The number of carbonyl (C=O) groups is 5. The van der Waals surface area contributed by atoms with Crippen molar-refractivity contribution in [2.24, 2.45) is 0 Å². The maximum atomic E-state index is 14.8. The van der Waals surface area contributed by atoms with E-state index in [0.717, 1.165) is 46.1 Å². The molecule has 3 heterocycles. The summed E-state index contributed by atoms with van der Waals surface area (Å²) in [7, 11) is 6.17. The van der Waals surface area contributed by atoms with Gasteiger partial charge in [-0.15, -0.1) is 0 Å². The molecule has 3 aliphatic heterocycles. The number of nitrogens with zero attached hydrogens (tertiary/aromatic N) is 1. The molecule has 14 heteroatoms. The Kier molecular flexibility index (Phi) is 9.31. The fourth-order valence-electron chi connectivity index (χ4n) is 6.24. The van der Waals surface area contributed by atoms with E-state index in [9.17, 15) is 24.0 Å². The summed E-state index contributed by atoms with van der Waals surface area (Å²) in [5, 5.41) is 1.85. The second-order valence-electron chi connectivity index (χ2n) is 11.6. The predicted molar refractivity (Wildman–Crippen MR) is 192 cm³/mol. The third-order valence-corrected chi connectivity index (χ3v) is 13.2. The molecular formula is C36H31NO10S3. The van der Waals surface area contributed by atoms with Crippen molar-refractivity contribution < 1.29 is 47.7 Å². The summed E-state index contributed by atoms with van der Waals surface area (Å²) in [6.45, 7) is 3.65. The predicted octanol–water partition coefficient (Wildman–Crippen LogP) is 6.08. The molecule has 0 aromatic heterocycles. The molecule has 50 heavy (non-hydrogen) atoms. The van der Waals surface area contributed by atoms with Crippen molar-refractivity contribution in [3.8, 4) is 5.75 Å². The van der Waals surface area contributed by atoms with Gasteiger partial charge in [0.05, 0.1) is 52.3 Å². The first-order valence-electron chi connectivity index (χ1n) is 15.0. The standard InChI is InChI=1S/C36H31NO10S3/c1-35(2)29-24(22-17-21(43-3)14-15-23(22)37(35)30(38)20-13-12-18-10-8-9-11-19(18)16-20)36(25(31(39)44-4)26(48-29)32(40)45-5)49-27(33(41)46-6)28(50-36)34(42)47-7/h8-17H,1-7H3. The van der Waals surface area contributed by atoms with Gasteiger partial charge in [0.25, 0.3) is 5.91 Å². The maximum absolute atomic E-state index is 14.8. The van der Waals surface area contributed by atoms with Crippen LogP contribution in [0, 0.1) is 0 Å². The summed E-state index contributed by atoms with van der Waals surface area (Å²) in [4.78, 5) is 70.6. The van der Waals surface area contributed by atoms with Crippen LogP contribution in [0.3, 0.4) is 0 Å². The molecular weight excluding hydrogens is 703 g/mol. The molecule has 1 spiro atoms. The number of ether oxygens (including phenoxy) is 5. The number of benzene rings is 3. The van der Waals surface area contributed by atoms with Gasteiger partial charge in [-0.25, -0.2) is 19.2 Å². The quantitative estimate of drug-likeness (QED) is 0.214. The number of rotatable bonds is 6. The van der Waals surface area contributed by atoms with Crippen LogP contribution in [0.15, 0.2) is 85.9 Å². The summed E-state index contributed by atoms with van der Waals surface area (Å²) < 4.78 is 24.5. The highest BCUT2D eigenvalue weighted by molar-refractivity contribution is 8.26. The van der Waals surface area contributed by atoms with Gasteiger partial charge < -0.3 is 23.7 Å². The summed E-state index contributed by atoms with van der Waals surface area (Å²) in [5.74, 6) is -3.34. The molecule has 3 aliphatic rings. The average Bonchev–Trinajstić information content (AvgIpc) is 3.52. The van der Waals surface area contributed by atoms with E-state index in [0.29, 0.717) is 33.0 Å². The number of thioether (sulfide) groups is 3. The van der Waals surface area contributed by atoms with E-state index in [1.807, 2.05) is 50.2 Å². The third-order valence-electron chi connectivity index (χ3n) is 8.54. The number of hydrogen-bond acceptors (Lipinski definition) is 13. The second kappa shape index (κ2) is 13.2. The summed E-state index contributed by atoms with van der Waals surface area (Å²) >= 11 is 2.68. The fourth-order valence-corrected chi connectivity index (χ4v) is 11.3. The Morgan fingerprint density at radius 2 is 1.24 bits per heavy atom. The lowest BCUT2D eigenvalue weighted by atomic mass is 9.83. The molecule has 0 bridgehead atoms. The van der Waals surface area contributed by atoms with Gasteiger partial charge in [0, 0.05) is 21.6 Å². The zero-order chi connectivity index (χ0) is 36.1. The Balaban J connectivity index is 1.68. The normalized spacial score (nSPS) is 17.3. The largest absolute Gasteiger partial charge is 0.497 e. The first-order valence-corrected chi connectivity index (χ1v) is 17.5. The number of esters is 4. The van der Waals surface area contributed by atoms with E-state index in [-0.39, 0.29) is 26.2 Å². The summed E-state index contributed by atoms with van der Waals surface area (Å²) in [6.07, 6.45) is 0. The molecule has 0 aliphatic carbocycles. The highest BCUT2D eigenvalue weighted by Crippen LogP contribution is 2.71. The van der Waals surface area contributed by atoms with Crippen LogP contribution in [-0.4, -0.2) is 75.0 Å². The van der Waals surface area contributed by atoms with Crippen molar-refractivity contribution >= 4 is 87.1 Å². The average molecular weight is 734 g/mol. The molecule has 1 amide bonds. The minimum atomic E-state index is -1.71. The van der Waals surface area contributed by atoms with Crippen LogP contribution >= 0.6 is 35.3 Å². The molecule has 6 rings (SSSR count). The third kappa shape index (κ3) is 5.37. The van der Waals surface area contributed by atoms with Crippen molar-refractivity contribution in [1.82, 2.24) is 0 Å². The van der Waals surface area contributed by atoms with Crippen LogP contribution in [0.4, 0.5) is 5.69 Å². The summed E-state index contributed by atoms with van der Waals surface area (Å²) in [5.41, 5.74) is 0.437. The van der Waals surface area contributed by atoms with Gasteiger partial charge in [0.15, 0.2) is 0 Å². The first-order chi connectivity index (χ1) is 23.9. The number of fused-ring (bicyclic) bond motifs is 4. The van der Waals surface area contributed by atoms with Crippen molar-refractivity contribution in [2.45, 2.75) is 23.5 Å². The lowest BCUT2D eigenvalue weighted by Gasteiger charge is -2.50. The molecule has 3 aromatic carbocycles.